The van der Waals surface area contributed by atoms with Gasteiger partial charge in [0.1, 0.15) is 5.75 Å². The molecule has 0 aliphatic carbocycles. The lowest BCUT2D eigenvalue weighted by atomic mass is 10.0. The molecule has 7 rings (SSSR count). The third-order valence-electron chi connectivity index (χ3n) is 10.3. The number of ether oxygens (including phenoxy) is 1. The molecule has 0 N–H and O–H groups in total. The number of aromatic nitrogens is 3. The van der Waals surface area contributed by atoms with Crippen molar-refractivity contribution in [1.82, 2.24) is 15.0 Å². The van der Waals surface area contributed by atoms with Crippen LogP contribution in [0.25, 0.3) is 47.6 Å². The van der Waals surface area contributed by atoms with Crippen molar-refractivity contribution in [1.29, 1.82) is 0 Å². The van der Waals surface area contributed by atoms with Crippen LogP contribution in [0.1, 0.15) is 78.3 Å². The standard InChI is InChI=1S/C54H51BrN4O/c55-34-6-4-2-1-3-5-7-41-60-54-42-52(26-27-53(54)49-20-14-43(15-21-49)8-11-46-28-35-56-36-29-46)59(50-22-16-44(17-23-50)9-12-47-30-37-57-38-31-47)51-24-18-45(19-25-51)10-13-48-32-39-58-40-33-48/h8-33,35-40,42H,1-7,34,41H2/b11-8+,12-9+,13-10+. The molecule has 0 bridgehead atoms. The molecule has 0 saturated carbocycles. The van der Waals surface area contributed by atoms with E-state index in [0.717, 1.165) is 85.5 Å². The maximum Gasteiger partial charge on any atom is 0.129 e. The van der Waals surface area contributed by atoms with Crippen molar-refractivity contribution in [2.24, 2.45) is 0 Å². The molecule has 0 aliphatic heterocycles. The van der Waals surface area contributed by atoms with Crippen LogP contribution in [0.2, 0.25) is 0 Å². The smallest absolute Gasteiger partial charge is 0.129 e. The Hall–Kier alpha value is -6.37. The van der Waals surface area contributed by atoms with Gasteiger partial charge in [0, 0.05) is 71.2 Å². The monoisotopic (exact) mass is 850 g/mol. The van der Waals surface area contributed by atoms with E-state index < -0.39 is 0 Å². The lowest BCUT2D eigenvalue weighted by Gasteiger charge is -2.27. The topological polar surface area (TPSA) is 51.1 Å². The third-order valence-corrected chi connectivity index (χ3v) is 10.9. The van der Waals surface area contributed by atoms with Crippen LogP contribution >= 0.6 is 15.9 Å². The van der Waals surface area contributed by atoms with Gasteiger partial charge < -0.3 is 9.64 Å². The highest BCUT2D eigenvalue weighted by atomic mass is 79.9. The van der Waals surface area contributed by atoms with Crippen LogP contribution in [0, 0.1) is 0 Å². The number of rotatable bonds is 20. The van der Waals surface area contributed by atoms with Crippen LogP contribution in [0.4, 0.5) is 17.1 Å². The highest BCUT2D eigenvalue weighted by Crippen LogP contribution is 2.40. The Morgan fingerprint density at radius 3 is 1.20 bits per heavy atom. The van der Waals surface area contributed by atoms with Crippen molar-refractivity contribution >= 4 is 69.4 Å². The van der Waals surface area contributed by atoms with E-state index in [1.165, 1.54) is 32.1 Å². The third kappa shape index (κ3) is 12.6. The summed E-state index contributed by atoms with van der Waals surface area (Å²) in [6, 6.07) is 44.8. The fourth-order valence-electron chi connectivity index (χ4n) is 6.96. The molecule has 5 nitrogen and oxygen atoms in total. The molecule has 0 atom stereocenters. The fourth-order valence-corrected chi connectivity index (χ4v) is 7.36. The molecule has 7 aromatic rings. The molecule has 0 radical (unpaired) electrons. The number of alkyl halides is 1. The van der Waals surface area contributed by atoms with Crippen molar-refractivity contribution in [3.8, 4) is 16.9 Å². The Morgan fingerprint density at radius 1 is 0.400 bits per heavy atom. The zero-order valence-electron chi connectivity index (χ0n) is 34.0. The molecule has 3 heterocycles. The first-order chi connectivity index (χ1) is 29.7. The molecule has 4 aromatic carbocycles. The predicted molar refractivity (Wildman–Crippen MR) is 258 cm³/mol. The van der Waals surface area contributed by atoms with Gasteiger partial charge in [0.15, 0.2) is 0 Å². The Bertz CT molecular complexity index is 2320. The SMILES string of the molecule is BrCCCCCCCCCOc1cc(N(c2ccc(/C=C/c3ccncc3)cc2)c2ccc(/C=C/c3ccncc3)cc2)ccc1-c1ccc(/C=C/c2ccncc2)cc1. The van der Waals surface area contributed by atoms with Gasteiger partial charge in [-0.05, 0) is 125 Å². The second-order valence-electron chi connectivity index (χ2n) is 14.7. The molecule has 6 heteroatoms. The highest BCUT2D eigenvalue weighted by molar-refractivity contribution is 9.09. The summed E-state index contributed by atoms with van der Waals surface area (Å²) in [5.41, 5.74) is 12.1. The molecule has 0 spiro atoms. The summed E-state index contributed by atoms with van der Waals surface area (Å²) >= 11 is 3.56. The van der Waals surface area contributed by atoms with E-state index in [-0.39, 0.29) is 0 Å². The summed E-state index contributed by atoms with van der Waals surface area (Å²) in [6.07, 6.45) is 32.2. The maximum absolute atomic E-state index is 6.74. The van der Waals surface area contributed by atoms with Gasteiger partial charge in [-0.2, -0.15) is 0 Å². The summed E-state index contributed by atoms with van der Waals surface area (Å²) in [5.74, 6) is 0.878. The van der Waals surface area contributed by atoms with Gasteiger partial charge in [-0.25, -0.2) is 0 Å². The van der Waals surface area contributed by atoms with Crippen molar-refractivity contribution in [2.75, 3.05) is 16.8 Å². The van der Waals surface area contributed by atoms with Gasteiger partial charge in [0.05, 0.1) is 6.61 Å². The summed E-state index contributed by atoms with van der Waals surface area (Å²) in [6.45, 7) is 0.668. The molecule has 0 aliphatic rings. The van der Waals surface area contributed by atoms with Crippen LogP contribution in [-0.2, 0) is 0 Å². The van der Waals surface area contributed by atoms with Gasteiger partial charge in [0.25, 0.3) is 0 Å². The Labute approximate surface area is 364 Å². The van der Waals surface area contributed by atoms with Gasteiger partial charge >= 0.3 is 0 Å². The van der Waals surface area contributed by atoms with Crippen LogP contribution in [0.5, 0.6) is 5.75 Å². The molecule has 300 valence electrons. The van der Waals surface area contributed by atoms with E-state index in [4.69, 9.17) is 4.74 Å². The second kappa shape index (κ2) is 22.7. The number of hydrogen-bond acceptors (Lipinski definition) is 5. The Kier molecular flexibility index (Phi) is 15.8. The average molecular weight is 852 g/mol. The van der Waals surface area contributed by atoms with Gasteiger partial charge in [-0.1, -0.05) is 133 Å². The predicted octanol–water partition coefficient (Wildman–Crippen LogP) is 15.0. The molecule has 3 aromatic heterocycles. The van der Waals surface area contributed by atoms with E-state index in [1.54, 1.807) is 0 Å². The Morgan fingerprint density at radius 2 is 0.767 bits per heavy atom. The van der Waals surface area contributed by atoms with Crippen molar-refractivity contribution in [3.05, 3.63) is 198 Å². The molecule has 0 saturated heterocycles. The highest BCUT2D eigenvalue weighted by Gasteiger charge is 2.16. The van der Waals surface area contributed by atoms with E-state index in [0.29, 0.717) is 6.61 Å². The van der Waals surface area contributed by atoms with Crippen LogP contribution in [0.3, 0.4) is 0 Å². The van der Waals surface area contributed by atoms with Crippen molar-refractivity contribution in [2.45, 2.75) is 44.9 Å². The molecule has 0 unspecified atom stereocenters. The molecule has 60 heavy (non-hydrogen) atoms. The number of unbranched alkanes of at least 4 members (excludes halogenated alkanes) is 6. The summed E-state index contributed by atoms with van der Waals surface area (Å²) in [5, 5.41) is 1.09. The minimum atomic E-state index is 0.668. The number of anilines is 3. The first-order valence-electron chi connectivity index (χ1n) is 20.9. The number of hydrogen-bond donors (Lipinski definition) is 0. The molecule has 0 fully saturated rings. The quantitative estimate of drug-likeness (QED) is 0.0565. The molecular weight excluding hydrogens is 801 g/mol. The largest absolute Gasteiger partial charge is 0.493 e. The Balaban J connectivity index is 1.18. The molecular formula is C54H51BrN4O. The number of nitrogens with zero attached hydrogens (tertiary/aromatic N) is 4. The van der Waals surface area contributed by atoms with E-state index in [1.807, 2.05) is 73.6 Å². The second-order valence-corrected chi connectivity index (χ2v) is 15.5. The van der Waals surface area contributed by atoms with Crippen molar-refractivity contribution in [3.63, 3.8) is 0 Å². The minimum Gasteiger partial charge on any atom is -0.493 e. The van der Waals surface area contributed by atoms with Gasteiger partial charge in [0.2, 0.25) is 0 Å². The average Bonchev–Trinajstić information content (AvgIpc) is 3.31. The minimum absolute atomic E-state index is 0.668. The summed E-state index contributed by atoms with van der Waals surface area (Å²) < 4.78 is 6.74. The van der Waals surface area contributed by atoms with Crippen molar-refractivity contribution < 1.29 is 4.74 Å². The zero-order chi connectivity index (χ0) is 41.0. The van der Waals surface area contributed by atoms with Gasteiger partial charge in [-0.3, -0.25) is 15.0 Å². The van der Waals surface area contributed by atoms with E-state index in [2.05, 4.69) is 163 Å². The summed E-state index contributed by atoms with van der Waals surface area (Å²) in [4.78, 5) is 14.7. The summed E-state index contributed by atoms with van der Waals surface area (Å²) in [7, 11) is 0. The maximum atomic E-state index is 6.74. The first-order valence-corrected chi connectivity index (χ1v) is 22.0. The van der Waals surface area contributed by atoms with E-state index >= 15 is 0 Å². The number of halogens is 1. The zero-order valence-corrected chi connectivity index (χ0v) is 35.6. The molecule has 0 amide bonds. The van der Waals surface area contributed by atoms with Gasteiger partial charge in [-0.15, -0.1) is 0 Å². The number of pyridine rings is 3. The van der Waals surface area contributed by atoms with Crippen LogP contribution < -0.4 is 9.64 Å². The fraction of sp³-hybridized carbons (Fsp3) is 0.167. The number of benzene rings is 4. The lowest BCUT2D eigenvalue weighted by Crippen LogP contribution is -2.10. The first kappa shape index (κ1) is 41.8. The van der Waals surface area contributed by atoms with Crippen LogP contribution in [-0.4, -0.2) is 26.9 Å². The van der Waals surface area contributed by atoms with E-state index in [9.17, 15) is 0 Å². The lowest BCUT2D eigenvalue weighted by molar-refractivity contribution is 0.305. The normalized spacial score (nSPS) is 11.5. The van der Waals surface area contributed by atoms with Crippen LogP contribution in [0.15, 0.2) is 165 Å².